The van der Waals surface area contributed by atoms with Crippen LogP contribution in [0.25, 0.3) is 10.8 Å². The number of methoxy groups -OCH3 is 1. The highest BCUT2D eigenvalue weighted by molar-refractivity contribution is 9.18. The van der Waals surface area contributed by atoms with Crippen LogP contribution in [-0.4, -0.2) is 28.6 Å². The number of hydrogen-bond donors (Lipinski definition) is 2. The lowest BCUT2D eigenvalue weighted by molar-refractivity contribution is -0.140. The first-order chi connectivity index (χ1) is 12.5. The van der Waals surface area contributed by atoms with E-state index in [-0.39, 0.29) is 29.4 Å². The molecule has 1 aliphatic carbocycles. The Morgan fingerprint density at radius 3 is 2.46 bits per heavy atom. The van der Waals surface area contributed by atoms with Crippen molar-refractivity contribution in [1.82, 2.24) is 4.90 Å². The van der Waals surface area contributed by atoms with Gasteiger partial charge in [0.15, 0.2) is 4.74 Å². The Hall–Kier alpha value is -2.21. The fraction of sp³-hybridized carbons (Fsp3) is 0.350. The van der Waals surface area contributed by atoms with Gasteiger partial charge in [-0.3, -0.25) is 15.6 Å². The molecule has 0 amide bonds. The van der Waals surface area contributed by atoms with Gasteiger partial charge in [-0.25, -0.2) is 0 Å². The molecule has 136 valence electrons. The molecule has 0 radical (unpaired) electrons. The molecule has 0 heterocycles. The number of amidine groups is 2. The van der Waals surface area contributed by atoms with Gasteiger partial charge in [-0.1, -0.05) is 36.4 Å². The summed E-state index contributed by atoms with van der Waals surface area (Å²) in [6.45, 7) is 0.412. The zero-order valence-electron chi connectivity index (χ0n) is 14.7. The Labute approximate surface area is 161 Å². The number of halogens is 1. The lowest BCUT2D eigenvalue weighted by atomic mass is 9.96. The molecule has 0 unspecified atom stereocenters. The second-order valence-corrected chi connectivity index (χ2v) is 7.28. The molecule has 6 heteroatoms. The third kappa shape index (κ3) is 4.12. The second-order valence-electron chi connectivity index (χ2n) is 6.53. The minimum absolute atomic E-state index is 0.114. The molecular weight excluding hydrogens is 394 g/mol. The van der Waals surface area contributed by atoms with Crippen molar-refractivity contribution >= 4 is 43.3 Å². The van der Waals surface area contributed by atoms with E-state index in [4.69, 9.17) is 10.8 Å². The quantitative estimate of drug-likeness (QED) is 0.308. The van der Waals surface area contributed by atoms with Crippen LogP contribution < -0.4 is 0 Å². The van der Waals surface area contributed by atoms with E-state index in [1.807, 2.05) is 6.07 Å². The molecule has 26 heavy (non-hydrogen) atoms. The number of nitrogens with zero attached hydrogens (tertiary/aromatic N) is 1. The summed E-state index contributed by atoms with van der Waals surface area (Å²) in [5.74, 6) is 0.528. The maximum absolute atomic E-state index is 11.3. The molecule has 0 aliphatic heterocycles. The first-order valence-electron chi connectivity index (χ1n) is 8.67. The summed E-state index contributed by atoms with van der Waals surface area (Å²) >= 11 is 3.19. The summed E-state index contributed by atoms with van der Waals surface area (Å²) in [5.41, 5.74) is 2.46. The number of rotatable bonds is 6. The van der Waals surface area contributed by atoms with Crippen molar-refractivity contribution < 1.29 is 9.53 Å². The number of esters is 1. The van der Waals surface area contributed by atoms with Gasteiger partial charge in [0.1, 0.15) is 5.84 Å². The fourth-order valence-electron chi connectivity index (χ4n) is 3.18. The van der Waals surface area contributed by atoms with Gasteiger partial charge in [0.05, 0.1) is 20.1 Å². The Morgan fingerprint density at radius 2 is 1.85 bits per heavy atom. The first kappa shape index (κ1) is 18.6. The van der Waals surface area contributed by atoms with Gasteiger partial charge in [-0.05, 0) is 56.6 Å². The van der Waals surface area contributed by atoms with Crippen LogP contribution >= 0.6 is 15.9 Å². The van der Waals surface area contributed by atoms with Crippen molar-refractivity contribution in [2.24, 2.45) is 0 Å². The van der Waals surface area contributed by atoms with E-state index >= 15 is 0 Å². The van der Waals surface area contributed by atoms with Gasteiger partial charge in [-0.15, -0.1) is 0 Å². The summed E-state index contributed by atoms with van der Waals surface area (Å²) < 4.78 is 4.75. The molecule has 0 spiro atoms. The standard InChI is InChI=1S/C20H22BrN3O2/c1-26-19(25)11-10-18(22)24(20(21)23)12-14-8-9-16(13-6-7-13)17-5-3-2-4-15(14)17/h2-5,8-9,13,22-23H,6-7,10-12H2,1H3. The molecule has 3 rings (SSSR count). The van der Waals surface area contributed by atoms with Gasteiger partial charge in [0.2, 0.25) is 0 Å². The number of benzene rings is 2. The minimum Gasteiger partial charge on any atom is -0.469 e. The lowest BCUT2D eigenvalue weighted by Gasteiger charge is -2.24. The Balaban J connectivity index is 1.85. The minimum atomic E-state index is -0.352. The van der Waals surface area contributed by atoms with Crippen molar-refractivity contribution in [3.8, 4) is 0 Å². The Kier molecular flexibility index (Phi) is 5.71. The maximum atomic E-state index is 11.3. The van der Waals surface area contributed by atoms with E-state index < -0.39 is 0 Å². The summed E-state index contributed by atoms with van der Waals surface area (Å²) in [6, 6.07) is 12.6. The maximum Gasteiger partial charge on any atom is 0.305 e. The number of carbonyl (C=O) groups is 1. The highest BCUT2D eigenvalue weighted by atomic mass is 79.9. The number of nitrogens with one attached hydrogen (secondary N) is 2. The summed E-state index contributed by atoms with van der Waals surface area (Å²) in [6.07, 6.45) is 2.87. The molecule has 2 aromatic rings. The second kappa shape index (κ2) is 7.99. The third-order valence-corrected chi connectivity index (χ3v) is 5.18. The van der Waals surface area contributed by atoms with Gasteiger partial charge in [0, 0.05) is 6.42 Å². The van der Waals surface area contributed by atoms with Crippen molar-refractivity contribution in [3.05, 3.63) is 47.5 Å². The largest absolute Gasteiger partial charge is 0.469 e. The van der Waals surface area contributed by atoms with Crippen molar-refractivity contribution in [1.29, 1.82) is 10.8 Å². The number of ether oxygens (including phenoxy) is 1. The Morgan fingerprint density at radius 1 is 1.15 bits per heavy atom. The van der Waals surface area contributed by atoms with Crippen LogP contribution in [0.15, 0.2) is 36.4 Å². The van der Waals surface area contributed by atoms with Crippen LogP contribution in [-0.2, 0) is 16.1 Å². The Bertz CT molecular complexity index is 861. The van der Waals surface area contributed by atoms with Crippen LogP contribution in [0.3, 0.4) is 0 Å². The van der Waals surface area contributed by atoms with E-state index in [0.717, 1.165) is 10.9 Å². The molecule has 1 saturated carbocycles. The van der Waals surface area contributed by atoms with E-state index in [1.54, 1.807) is 4.90 Å². The summed E-state index contributed by atoms with van der Waals surface area (Å²) in [4.78, 5) is 12.9. The molecule has 0 aromatic heterocycles. The smallest absolute Gasteiger partial charge is 0.305 e. The van der Waals surface area contributed by atoms with Gasteiger partial charge in [-0.2, -0.15) is 0 Å². The number of hydrogen-bond acceptors (Lipinski definition) is 4. The summed E-state index contributed by atoms with van der Waals surface area (Å²) in [5, 5.41) is 18.7. The van der Waals surface area contributed by atoms with Crippen LogP contribution in [0, 0.1) is 10.8 Å². The summed E-state index contributed by atoms with van der Waals surface area (Å²) in [7, 11) is 1.34. The first-order valence-corrected chi connectivity index (χ1v) is 9.47. The third-order valence-electron chi connectivity index (χ3n) is 4.75. The average Bonchev–Trinajstić information content (AvgIpc) is 3.48. The van der Waals surface area contributed by atoms with Crippen LogP contribution in [0.2, 0.25) is 0 Å². The van der Waals surface area contributed by atoms with Gasteiger partial charge < -0.3 is 9.64 Å². The normalized spacial score (nSPS) is 13.5. The van der Waals surface area contributed by atoms with Crippen LogP contribution in [0.1, 0.15) is 42.7 Å². The van der Waals surface area contributed by atoms with Crippen molar-refractivity contribution in [2.45, 2.75) is 38.1 Å². The molecule has 2 N–H and O–H groups in total. The fourth-order valence-corrected chi connectivity index (χ4v) is 3.52. The SMILES string of the molecule is COC(=O)CCC(=N)N(Cc1ccc(C2CC2)c2ccccc12)C(=N)Br. The van der Waals surface area contributed by atoms with Crippen molar-refractivity contribution in [3.63, 3.8) is 0 Å². The topological polar surface area (TPSA) is 77.2 Å². The molecular formula is C20H22BrN3O2. The zero-order valence-corrected chi connectivity index (χ0v) is 16.3. The van der Waals surface area contributed by atoms with Crippen LogP contribution in [0.5, 0.6) is 0 Å². The molecule has 1 aliphatic rings. The predicted molar refractivity (Wildman–Crippen MR) is 107 cm³/mol. The highest BCUT2D eigenvalue weighted by Crippen LogP contribution is 2.43. The molecule has 2 aromatic carbocycles. The lowest BCUT2D eigenvalue weighted by Crippen LogP contribution is -2.32. The van der Waals surface area contributed by atoms with Crippen LogP contribution in [0.4, 0.5) is 0 Å². The molecule has 0 atom stereocenters. The van der Waals surface area contributed by atoms with Crippen molar-refractivity contribution in [2.75, 3.05) is 7.11 Å². The molecule has 0 saturated heterocycles. The van der Waals surface area contributed by atoms with Gasteiger partial charge in [0.25, 0.3) is 0 Å². The van der Waals surface area contributed by atoms with E-state index in [0.29, 0.717) is 12.5 Å². The van der Waals surface area contributed by atoms with Gasteiger partial charge >= 0.3 is 5.97 Å². The highest BCUT2D eigenvalue weighted by Gasteiger charge is 2.26. The molecule has 0 bridgehead atoms. The zero-order chi connectivity index (χ0) is 18.7. The van der Waals surface area contributed by atoms with E-state index in [9.17, 15) is 4.79 Å². The molecule has 5 nitrogen and oxygen atoms in total. The van der Waals surface area contributed by atoms with E-state index in [2.05, 4.69) is 51.0 Å². The predicted octanol–water partition coefficient (Wildman–Crippen LogP) is 4.78. The monoisotopic (exact) mass is 415 g/mol. The number of carbonyl (C=O) groups excluding carboxylic acids is 1. The van der Waals surface area contributed by atoms with E-state index in [1.165, 1.54) is 30.9 Å². The molecule has 1 fully saturated rings. The average molecular weight is 416 g/mol. The number of fused-ring (bicyclic) bond motifs is 1.